The van der Waals surface area contributed by atoms with Crippen molar-refractivity contribution in [3.63, 3.8) is 0 Å². The van der Waals surface area contributed by atoms with Gasteiger partial charge in [-0.1, -0.05) is 18.2 Å². The highest BCUT2D eigenvalue weighted by Gasteiger charge is 2.10. The average Bonchev–Trinajstić information content (AvgIpc) is 2.55. The highest BCUT2D eigenvalue weighted by atomic mass is 16.2. The van der Waals surface area contributed by atoms with Gasteiger partial charge in [0.05, 0.1) is 12.6 Å². The Hall–Kier alpha value is -2.89. The fourth-order valence-electron chi connectivity index (χ4n) is 1.87. The summed E-state index contributed by atoms with van der Waals surface area (Å²) in [5.74, 6) is -0.280. The zero-order chi connectivity index (χ0) is 15.8. The number of rotatable bonds is 5. The Labute approximate surface area is 129 Å². The molecule has 0 spiro atoms. The van der Waals surface area contributed by atoms with E-state index in [1.54, 1.807) is 24.5 Å². The first kappa shape index (κ1) is 15.5. The van der Waals surface area contributed by atoms with Gasteiger partial charge in [-0.25, -0.2) is 4.79 Å². The van der Waals surface area contributed by atoms with Gasteiger partial charge in [-0.05, 0) is 36.8 Å². The molecule has 2 rings (SSSR count). The van der Waals surface area contributed by atoms with Crippen molar-refractivity contribution < 1.29 is 9.59 Å². The van der Waals surface area contributed by atoms with Crippen LogP contribution in [0, 0.1) is 0 Å². The van der Waals surface area contributed by atoms with E-state index in [0.29, 0.717) is 5.69 Å². The van der Waals surface area contributed by atoms with Gasteiger partial charge in [-0.2, -0.15) is 0 Å². The molecular weight excluding hydrogens is 280 g/mol. The molecular formula is C16H18N4O2. The van der Waals surface area contributed by atoms with E-state index in [0.717, 1.165) is 5.56 Å². The van der Waals surface area contributed by atoms with Crippen LogP contribution in [-0.4, -0.2) is 23.5 Å². The number of anilines is 1. The second-order valence-electron chi connectivity index (χ2n) is 4.74. The van der Waals surface area contributed by atoms with Crippen molar-refractivity contribution in [2.24, 2.45) is 0 Å². The van der Waals surface area contributed by atoms with E-state index in [4.69, 9.17) is 0 Å². The smallest absolute Gasteiger partial charge is 0.315 e. The summed E-state index contributed by atoms with van der Waals surface area (Å²) >= 11 is 0. The maximum absolute atomic E-state index is 11.8. The maximum Gasteiger partial charge on any atom is 0.315 e. The topological polar surface area (TPSA) is 83.1 Å². The molecule has 6 heteroatoms. The Morgan fingerprint density at radius 1 is 1.09 bits per heavy atom. The standard InChI is InChI=1S/C16H18N4O2/c1-12(13-7-9-17-10-8-13)19-16(22)18-11-15(21)20-14-5-3-2-4-6-14/h2-10,12H,11H2,1H3,(H,20,21)(H2,18,19,22)/t12-/m0/s1. The van der Waals surface area contributed by atoms with Crippen molar-refractivity contribution in [1.29, 1.82) is 0 Å². The molecule has 114 valence electrons. The molecule has 0 saturated carbocycles. The molecule has 0 aliphatic carbocycles. The minimum Gasteiger partial charge on any atom is -0.332 e. The molecule has 0 radical (unpaired) electrons. The summed E-state index contributed by atoms with van der Waals surface area (Å²) in [5, 5.41) is 7.98. The highest BCUT2D eigenvalue weighted by Crippen LogP contribution is 2.09. The lowest BCUT2D eigenvalue weighted by Gasteiger charge is -2.14. The quantitative estimate of drug-likeness (QED) is 0.790. The third kappa shape index (κ3) is 4.90. The van der Waals surface area contributed by atoms with Crippen LogP contribution in [0.2, 0.25) is 0 Å². The zero-order valence-electron chi connectivity index (χ0n) is 12.2. The molecule has 3 N–H and O–H groups in total. The average molecular weight is 298 g/mol. The molecule has 0 bridgehead atoms. The van der Waals surface area contributed by atoms with Gasteiger partial charge in [0.2, 0.25) is 5.91 Å². The number of amides is 3. The first-order valence-electron chi connectivity index (χ1n) is 6.94. The van der Waals surface area contributed by atoms with Gasteiger partial charge in [-0.15, -0.1) is 0 Å². The van der Waals surface area contributed by atoms with E-state index in [-0.39, 0.29) is 18.5 Å². The van der Waals surface area contributed by atoms with E-state index in [1.807, 2.05) is 37.3 Å². The van der Waals surface area contributed by atoms with Crippen molar-refractivity contribution in [2.45, 2.75) is 13.0 Å². The minimum absolute atomic E-state index is 0.0935. The molecule has 0 fully saturated rings. The summed E-state index contributed by atoms with van der Waals surface area (Å²) in [6.07, 6.45) is 3.33. The highest BCUT2D eigenvalue weighted by molar-refractivity contribution is 5.94. The van der Waals surface area contributed by atoms with Gasteiger partial charge in [0.1, 0.15) is 0 Å². The normalized spacial score (nSPS) is 11.3. The number of hydrogen-bond acceptors (Lipinski definition) is 3. The van der Waals surface area contributed by atoms with Crippen molar-refractivity contribution in [2.75, 3.05) is 11.9 Å². The van der Waals surface area contributed by atoms with Crippen LogP contribution in [0.1, 0.15) is 18.5 Å². The zero-order valence-corrected chi connectivity index (χ0v) is 12.2. The molecule has 1 atom stereocenters. The largest absolute Gasteiger partial charge is 0.332 e. The van der Waals surface area contributed by atoms with E-state index >= 15 is 0 Å². The van der Waals surface area contributed by atoms with Crippen molar-refractivity contribution in [1.82, 2.24) is 15.6 Å². The first-order chi connectivity index (χ1) is 10.6. The summed E-state index contributed by atoms with van der Waals surface area (Å²) in [6.45, 7) is 1.77. The molecule has 0 aliphatic heterocycles. The van der Waals surface area contributed by atoms with Gasteiger partial charge < -0.3 is 16.0 Å². The molecule has 6 nitrogen and oxygen atoms in total. The number of benzene rings is 1. The predicted octanol–water partition coefficient (Wildman–Crippen LogP) is 2.08. The molecule has 2 aromatic rings. The lowest BCUT2D eigenvalue weighted by Crippen LogP contribution is -2.41. The first-order valence-corrected chi connectivity index (χ1v) is 6.94. The molecule has 0 unspecified atom stereocenters. The summed E-state index contributed by atoms with van der Waals surface area (Å²) < 4.78 is 0. The van der Waals surface area contributed by atoms with Gasteiger partial charge in [0.15, 0.2) is 0 Å². The molecule has 1 aromatic heterocycles. The third-order valence-corrected chi connectivity index (χ3v) is 3.02. The molecule has 1 aromatic carbocycles. The number of carbonyl (C=O) groups is 2. The monoisotopic (exact) mass is 298 g/mol. The van der Waals surface area contributed by atoms with Gasteiger partial charge in [0.25, 0.3) is 0 Å². The number of hydrogen-bond donors (Lipinski definition) is 3. The number of para-hydroxylation sites is 1. The van der Waals surface area contributed by atoms with E-state index in [1.165, 1.54) is 0 Å². The fraction of sp³-hybridized carbons (Fsp3) is 0.188. The van der Waals surface area contributed by atoms with Gasteiger partial charge in [0, 0.05) is 18.1 Å². The summed E-state index contributed by atoms with van der Waals surface area (Å²) in [6, 6.07) is 12.2. The van der Waals surface area contributed by atoms with Crippen molar-refractivity contribution >= 4 is 17.6 Å². The maximum atomic E-state index is 11.8. The molecule has 3 amide bonds. The van der Waals surface area contributed by atoms with Crippen LogP contribution >= 0.6 is 0 Å². The second kappa shape index (κ2) is 7.78. The summed E-state index contributed by atoms with van der Waals surface area (Å²) in [5.41, 5.74) is 1.64. The van der Waals surface area contributed by atoms with E-state index in [9.17, 15) is 9.59 Å². The lowest BCUT2D eigenvalue weighted by atomic mass is 10.1. The van der Waals surface area contributed by atoms with Gasteiger partial charge in [-0.3, -0.25) is 9.78 Å². The Morgan fingerprint density at radius 2 is 1.77 bits per heavy atom. The molecule has 22 heavy (non-hydrogen) atoms. The van der Waals surface area contributed by atoms with Crippen molar-refractivity contribution in [3.05, 3.63) is 60.4 Å². The lowest BCUT2D eigenvalue weighted by molar-refractivity contribution is -0.115. The van der Waals surface area contributed by atoms with Crippen LogP contribution in [0.5, 0.6) is 0 Å². The summed E-state index contributed by atoms with van der Waals surface area (Å²) in [7, 11) is 0. The SMILES string of the molecule is C[C@H](NC(=O)NCC(=O)Nc1ccccc1)c1ccncc1. The predicted molar refractivity (Wildman–Crippen MR) is 84.3 cm³/mol. The Morgan fingerprint density at radius 3 is 2.45 bits per heavy atom. The van der Waals surface area contributed by atoms with E-state index in [2.05, 4.69) is 20.9 Å². The third-order valence-electron chi connectivity index (χ3n) is 3.02. The van der Waals surface area contributed by atoms with Crippen LogP contribution in [0.25, 0.3) is 0 Å². The number of carbonyl (C=O) groups excluding carboxylic acids is 2. The number of urea groups is 1. The number of aromatic nitrogens is 1. The fourth-order valence-corrected chi connectivity index (χ4v) is 1.87. The molecule has 1 heterocycles. The Bertz CT molecular complexity index is 617. The van der Waals surface area contributed by atoms with Crippen LogP contribution < -0.4 is 16.0 Å². The van der Waals surface area contributed by atoms with E-state index < -0.39 is 6.03 Å². The molecule has 0 saturated heterocycles. The molecule has 0 aliphatic rings. The van der Waals surface area contributed by atoms with Crippen LogP contribution in [0.4, 0.5) is 10.5 Å². The van der Waals surface area contributed by atoms with Crippen LogP contribution in [0.15, 0.2) is 54.9 Å². The minimum atomic E-state index is -0.396. The Kier molecular flexibility index (Phi) is 5.48. The van der Waals surface area contributed by atoms with Crippen molar-refractivity contribution in [3.8, 4) is 0 Å². The van der Waals surface area contributed by atoms with Crippen LogP contribution in [0.3, 0.4) is 0 Å². The second-order valence-corrected chi connectivity index (χ2v) is 4.74. The summed E-state index contributed by atoms with van der Waals surface area (Å²) in [4.78, 5) is 27.4. The number of pyridine rings is 1. The van der Waals surface area contributed by atoms with Gasteiger partial charge >= 0.3 is 6.03 Å². The number of nitrogens with one attached hydrogen (secondary N) is 3. The van der Waals surface area contributed by atoms with Crippen LogP contribution in [-0.2, 0) is 4.79 Å². The number of nitrogens with zero attached hydrogens (tertiary/aromatic N) is 1. The Balaban J connectivity index is 1.74.